The number of nitrogens with one attached hydrogen (secondary N) is 1. The molecule has 3 heterocycles. The maximum Gasteiger partial charge on any atom is 0.349 e. The lowest BCUT2D eigenvalue weighted by molar-refractivity contribution is -0.166. The molecule has 2 aliphatic heterocycles. The maximum absolute atomic E-state index is 12.2. The number of carboxylic acid groups (broad SMARTS) is 2. The van der Waals surface area contributed by atoms with Crippen molar-refractivity contribution in [2.75, 3.05) is 26.3 Å². The first-order chi connectivity index (χ1) is 23.1. The Hall–Kier alpha value is -5.07. The van der Waals surface area contributed by atoms with Crippen molar-refractivity contribution in [3.63, 3.8) is 0 Å². The summed E-state index contributed by atoms with van der Waals surface area (Å²) in [4.78, 5) is 51.6. The van der Waals surface area contributed by atoms with Crippen molar-refractivity contribution in [3.05, 3.63) is 101 Å². The highest BCUT2D eigenvalue weighted by molar-refractivity contribution is 5.95. The fourth-order valence-corrected chi connectivity index (χ4v) is 4.90. The molecule has 2 fully saturated rings. The minimum Gasteiger partial charge on any atom is -0.489 e. The number of benzene rings is 2. The molecule has 48 heavy (non-hydrogen) atoms. The van der Waals surface area contributed by atoms with Crippen LogP contribution in [0.15, 0.2) is 73.1 Å². The Morgan fingerprint density at radius 3 is 1.85 bits per heavy atom. The third-order valence-corrected chi connectivity index (χ3v) is 7.67. The van der Waals surface area contributed by atoms with Crippen LogP contribution in [0.4, 0.5) is 0 Å². The van der Waals surface area contributed by atoms with Crippen LogP contribution in [0.3, 0.4) is 0 Å². The zero-order valence-electron chi connectivity index (χ0n) is 26.9. The molecular weight excluding hydrogens is 620 g/mol. The molecule has 3 N–H and O–H groups in total. The van der Waals surface area contributed by atoms with Gasteiger partial charge in [-0.25, -0.2) is 19.2 Å². The quantitative estimate of drug-likeness (QED) is 0.247. The predicted octanol–water partition coefficient (Wildman–Crippen LogP) is 4.49. The fraction of sp³-hybridized carbons (Fsp3) is 0.361. The number of esters is 2. The van der Waals surface area contributed by atoms with E-state index in [4.69, 9.17) is 18.9 Å². The van der Waals surface area contributed by atoms with Crippen molar-refractivity contribution < 1.29 is 48.3 Å². The van der Waals surface area contributed by atoms with Crippen LogP contribution in [0.2, 0.25) is 0 Å². The smallest absolute Gasteiger partial charge is 0.349 e. The average Bonchev–Trinajstić information content (AvgIpc) is 3.60. The minimum absolute atomic E-state index is 0.0332. The molecule has 12 nitrogen and oxygen atoms in total. The van der Waals surface area contributed by atoms with Gasteiger partial charge >= 0.3 is 23.9 Å². The van der Waals surface area contributed by atoms with Crippen LogP contribution in [0.25, 0.3) is 6.08 Å². The summed E-state index contributed by atoms with van der Waals surface area (Å²) in [7, 11) is 0. The van der Waals surface area contributed by atoms with Crippen LogP contribution in [0, 0.1) is 19.8 Å². The van der Waals surface area contributed by atoms with Crippen molar-refractivity contribution in [1.82, 2.24) is 10.3 Å². The maximum atomic E-state index is 12.2. The molecule has 254 valence electrons. The van der Waals surface area contributed by atoms with E-state index >= 15 is 0 Å². The van der Waals surface area contributed by atoms with Crippen molar-refractivity contribution in [2.45, 2.75) is 51.4 Å². The molecule has 3 atom stereocenters. The van der Waals surface area contributed by atoms with Gasteiger partial charge in [0.25, 0.3) is 0 Å². The van der Waals surface area contributed by atoms with Crippen molar-refractivity contribution in [3.8, 4) is 5.75 Å². The van der Waals surface area contributed by atoms with Gasteiger partial charge in [0, 0.05) is 25.6 Å². The first kappa shape index (κ1) is 35.8. The number of nitrogens with zero attached hydrogens (tertiary/aromatic N) is 1. The standard InChI is InChI=1S/C20H18O8.C16H22N2O2/c1-11-3-7-13(8-4-11)19(25)27-15(17(21)22)16(18(23)24)28-20(26)14-9-5-12(2)6-10-14;1(13-3-6-17-10-13)2-14-9-16(12-18-11-14)20-15-4-7-19-8-5-15/h3-10,15-16H,1-2H3,(H,21,22)(H,23,24);1-2,9,11-13,15,17H,3-8,10H2/b;2-1+/t15-,16-;13-/m00/s1. The van der Waals surface area contributed by atoms with Gasteiger partial charge in [0.1, 0.15) is 11.9 Å². The molecule has 5 rings (SSSR count). The number of carbonyl (C=O) groups excluding carboxylic acids is 2. The first-order valence-corrected chi connectivity index (χ1v) is 15.7. The second-order valence-corrected chi connectivity index (χ2v) is 11.6. The molecule has 2 aromatic carbocycles. The van der Waals surface area contributed by atoms with Crippen LogP contribution in [-0.2, 0) is 23.8 Å². The Labute approximate surface area is 278 Å². The summed E-state index contributed by atoms with van der Waals surface area (Å²) >= 11 is 0. The topological polar surface area (TPSA) is 171 Å². The van der Waals surface area contributed by atoms with Crippen molar-refractivity contribution in [1.29, 1.82) is 0 Å². The number of carbonyl (C=O) groups is 4. The summed E-state index contributed by atoms with van der Waals surface area (Å²) in [6.07, 6.45) is 7.09. The van der Waals surface area contributed by atoms with Gasteiger partial charge < -0.3 is 34.5 Å². The van der Waals surface area contributed by atoms with Gasteiger partial charge in [0.2, 0.25) is 12.2 Å². The molecule has 0 bridgehead atoms. The SMILES string of the molecule is C(=C\[C@H]1CCNC1)/c1cncc(OC2CCOCC2)c1.Cc1ccc(C(=O)O[C@H](C(=O)O)[C@H](OC(=O)c2ccc(C)cc2)C(=O)O)cc1. The van der Waals surface area contributed by atoms with Gasteiger partial charge in [-0.3, -0.25) is 4.98 Å². The van der Waals surface area contributed by atoms with E-state index in [2.05, 4.69) is 28.5 Å². The van der Waals surface area contributed by atoms with Crippen LogP contribution in [-0.4, -0.2) is 83.7 Å². The molecule has 0 amide bonds. The summed E-state index contributed by atoms with van der Waals surface area (Å²) in [5.74, 6) is -4.11. The van der Waals surface area contributed by atoms with Crippen LogP contribution in [0.5, 0.6) is 5.75 Å². The molecular formula is C36H40N2O10. The number of carboxylic acids is 2. The summed E-state index contributed by atoms with van der Waals surface area (Å²) in [5.41, 5.74) is 2.90. The summed E-state index contributed by atoms with van der Waals surface area (Å²) in [5, 5.41) is 22.0. The van der Waals surface area contributed by atoms with Crippen molar-refractivity contribution >= 4 is 30.0 Å². The Kier molecular flexibility index (Phi) is 13.2. The number of ether oxygens (including phenoxy) is 4. The van der Waals surface area contributed by atoms with Gasteiger partial charge in [-0.2, -0.15) is 0 Å². The lowest BCUT2D eigenvalue weighted by Crippen LogP contribution is -2.45. The number of aryl methyl sites for hydroxylation is 2. The number of aliphatic carboxylic acids is 2. The van der Waals surface area contributed by atoms with Crippen LogP contribution in [0.1, 0.15) is 56.7 Å². The Morgan fingerprint density at radius 1 is 0.833 bits per heavy atom. The van der Waals surface area contributed by atoms with Crippen LogP contribution < -0.4 is 10.1 Å². The third kappa shape index (κ3) is 11.0. The molecule has 2 saturated heterocycles. The van der Waals surface area contributed by atoms with Gasteiger partial charge in [0.05, 0.1) is 30.5 Å². The Bertz CT molecular complexity index is 1480. The molecule has 0 saturated carbocycles. The second-order valence-electron chi connectivity index (χ2n) is 11.6. The zero-order valence-corrected chi connectivity index (χ0v) is 26.9. The van der Waals surface area contributed by atoms with E-state index in [1.807, 2.05) is 6.20 Å². The van der Waals surface area contributed by atoms with E-state index in [1.54, 1.807) is 44.3 Å². The molecule has 3 aromatic rings. The Morgan fingerprint density at radius 2 is 1.38 bits per heavy atom. The molecule has 1 aromatic heterocycles. The van der Waals surface area contributed by atoms with E-state index in [0.29, 0.717) is 5.92 Å². The van der Waals surface area contributed by atoms with E-state index in [-0.39, 0.29) is 17.2 Å². The lowest BCUT2D eigenvalue weighted by Gasteiger charge is -2.23. The van der Waals surface area contributed by atoms with E-state index in [0.717, 1.165) is 61.6 Å². The average molecular weight is 661 g/mol. The van der Waals surface area contributed by atoms with Crippen LogP contribution >= 0.6 is 0 Å². The summed E-state index contributed by atoms with van der Waals surface area (Å²) in [6, 6.07) is 14.1. The van der Waals surface area contributed by atoms with E-state index in [1.165, 1.54) is 30.7 Å². The molecule has 0 radical (unpaired) electrons. The summed E-state index contributed by atoms with van der Waals surface area (Å²) in [6.45, 7) is 7.39. The summed E-state index contributed by atoms with van der Waals surface area (Å²) < 4.78 is 21.0. The normalized spacial score (nSPS) is 17.4. The van der Waals surface area contributed by atoms with E-state index < -0.39 is 36.1 Å². The second kappa shape index (κ2) is 17.7. The molecule has 0 spiro atoms. The third-order valence-electron chi connectivity index (χ3n) is 7.67. The minimum atomic E-state index is -2.22. The van der Waals surface area contributed by atoms with E-state index in [9.17, 15) is 29.4 Å². The monoisotopic (exact) mass is 660 g/mol. The Balaban J connectivity index is 0.000000228. The predicted molar refractivity (Wildman–Crippen MR) is 175 cm³/mol. The lowest BCUT2D eigenvalue weighted by atomic mass is 10.1. The molecule has 0 aliphatic carbocycles. The highest BCUT2D eigenvalue weighted by atomic mass is 16.6. The molecule has 2 aliphatic rings. The first-order valence-electron chi connectivity index (χ1n) is 15.7. The molecule has 12 heteroatoms. The van der Waals surface area contributed by atoms with Gasteiger partial charge in [0.15, 0.2) is 0 Å². The number of hydrogen-bond donors (Lipinski definition) is 3. The van der Waals surface area contributed by atoms with Gasteiger partial charge in [-0.15, -0.1) is 0 Å². The van der Waals surface area contributed by atoms with Gasteiger partial charge in [-0.1, -0.05) is 47.5 Å². The number of pyridine rings is 1. The number of hydrogen-bond acceptors (Lipinski definition) is 10. The van der Waals surface area contributed by atoms with Gasteiger partial charge in [-0.05, 0) is 68.6 Å². The highest BCUT2D eigenvalue weighted by Gasteiger charge is 2.41. The largest absolute Gasteiger partial charge is 0.489 e. The molecule has 0 unspecified atom stereocenters. The number of aromatic nitrogens is 1. The fourth-order valence-electron chi connectivity index (χ4n) is 4.90. The zero-order chi connectivity index (χ0) is 34.5. The number of rotatable bonds is 11. The highest BCUT2D eigenvalue weighted by Crippen LogP contribution is 2.20. The van der Waals surface area contributed by atoms with Crippen molar-refractivity contribution in [2.24, 2.45) is 5.92 Å².